The van der Waals surface area contributed by atoms with Gasteiger partial charge in [0, 0.05) is 13.2 Å². The van der Waals surface area contributed by atoms with Crippen molar-refractivity contribution in [1.29, 1.82) is 0 Å². The molecule has 0 aromatic rings. The fraction of sp³-hybridized carbons (Fsp3) is 1.00. The van der Waals surface area contributed by atoms with Gasteiger partial charge in [0.15, 0.2) is 0 Å². The Hall–Kier alpha value is -0.200. The summed E-state index contributed by atoms with van der Waals surface area (Å²) in [6.07, 6.45) is 0. The van der Waals surface area contributed by atoms with E-state index in [4.69, 9.17) is 18.9 Å². The molecular formula is C10H20NO4-. The van der Waals surface area contributed by atoms with E-state index >= 15 is 0 Å². The van der Waals surface area contributed by atoms with Crippen LogP contribution in [0.3, 0.4) is 0 Å². The first-order chi connectivity index (χ1) is 7.50. The maximum atomic E-state index is 5.31. The zero-order chi connectivity index (χ0) is 10.6. The average Bonchev–Trinajstić information content (AvgIpc) is 2.27. The van der Waals surface area contributed by atoms with Crippen LogP contribution in [0.4, 0.5) is 0 Å². The molecule has 0 radical (unpaired) electrons. The molecular weight excluding hydrogens is 198 g/mol. The third-order valence-electron chi connectivity index (χ3n) is 1.90. The second-order valence-corrected chi connectivity index (χ2v) is 3.12. The number of hydrogen-bond acceptors (Lipinski definition) is 4. The highest BCUT2D eigenvalue weighted by molar-refractivity contribution is 4.77. The summed E-state index contributed by atoms with van der Waals surface area (Å²) >= 11 is 0. The minimum atomic E-state index is 0.619. The van der Waals surface area contributed by atoms with Gasteiger partial charge in [-0.1, -0.05) is 0 Å². The van der Waals surface area contributed by atoms with Crippen molar-refractivity contribution in [3.05, 3.63) is 5.32 Å². The third kappa shape index (κ3) is 8.77. The van der Waals surface area contributed by atoms with Gasteiger partial charge in [-0.3, -0.25) is 0 Å². The zero-order valence-electron chi connectivity index (χ0n) is 9.15. The van der Waals surface area contributed by atoms with Crippen LogP contribution in [0, 0.1) is 0 Å². The van der Waals surface area contributed by atoms with Crippen molar-refractivity contribution in [3.63, 3.8) is 0 Å². The maximum Gasteiger partial charge on any atom is 0.0701 e. The summed E-state index contributed by atoms with van der Waals surface area (Å²) in [6.45, 7) is 6.55. The summed E-state index contributed by atoms with van der Waals surface area (Å²) in [5.41, 5.74) is 0. The van der Waals surface area contributed by atoms with Crippen LogP contribution < -0.4 is 0 Å². The number of rotatable bonds is 0. The lowest BCUT2D eigenvalue weighted by molar-refractivity contribution is 0.00206. The van der Waals surface area contributed by atoms with E-state index in [0.717, 1.165) is 13.1 Å². The van der Waals surface area contributed by atoms with Crippen molar-refractivity contribution < 1.29 is 18.9 Å². The van der Waals surface area contributed by atoms with Gasteiger partial charge in [0.05, 0.1) is 39.6 Å². The Labute approximate surface area is 91.0 Å². The van der Waals surface area contributed by atoms with Gasteiger partial charge in [-0.15, -0.1) is 13.1 Å². The average molecular weight is 218 g/mol. The summed E-state index contributed by atoms with van der Waals surface area (Å²) in [5, 5.41) is 4.25. The number of hydrogen-bond donors (Lipinski definition) is 0. The Balaban J connectivity index is 2.01. The minimum Gasteiger partial charge on any atom is -0.659 e. The van der Waals surface area contributed by atoms with Gasteiger partial charge in [0.25, 0.3) is 0 Å². The zero-order valence-corrected chi connectivity index (χ0v) is 9.15. The Morgan fingerprint density at radius 3 is 1.20 bits per heavy atom. The van der Waals surface area contributed by atoms with Crippen molar-refractivity contribution in [2.75, 3.05) is 65.9 Å². The maximum absolute atomic E-state index is 5.31. The molecule has 90 valence electrons. The van der Waals surface area contributed by atoms with E-state index in [1.165, 1.54) is 0 Å². The van der Waals surface area contributed by atoms with Crippen LogP contribution in [0.1, 0.15) is 0 Å². The molecule has 0 aromatic heterocycles. The lowest BCUT2D eigenvalue weighted by atomic mass is 10.6. The van der Waals surface area contributed by atoms with Crippen LogP contribution in [-0.2, 0) is 18.9 Å². The molecule has 0 N–H and O–H groups in total. The van der Waals surface area contributed by atoms with E-state index < -0.39 is 0 Å². The standard InChI is InChI=1S/C10H20NO4/c1-3-12-5-7-14-9-10-15-8-6-13-4-2-11-1/h1-10H2/q-1. The molecule has 1 rings (SSSR count). The van der Waals surface area contributed by atoms with Crippen molar-refractivity contribution >= 4 is 0 Å². The molecule has 1 aliphatic heterocycles. The van der Waals surface area contributed by atoms with E-state index in [1.54, 1.807) is 0 Å². The summed E-state index contributed by atoms with van der Waals surface area (Å²) in [7, 11) is 0. The molecule has 0 amide bonds. The first-order valence-electron chi connectivity index (χ1n) is 5.44. The molecule has 0 unspecified atom stereocenters. The molecule has 15 heavy (non-hydrogen) atoms. The monoisotopic (exact) mass is 218 g/mol. The Kier molecular flexibility index (Phi) is 8.85. The van der Waals surface area contributed by atoms with Crippen molar-refractivity contribution in [3.8, 4) is 0 Å². The fourth-order valence-corrected chi connectivity index (χ4v) is 1.13. The van der Waals surface area contributed by atoms with E-state index in [-0.39, 0.29) is 0 Å². The third-order valence-corrected chi connectivity index (χ3v) is 1.90. The van der Waals surface area contributed by atoms with Crippen molar-refractivity contribution in [1.82, 2.24) is 0 Å². The number of ether oxygens (including phenoxy) is 4. The summed E-state index contributed by atoms with van der Waals surface area (Å²) in [5.74, 6) is 0. The number of nitrogens with zero attached hydrogens (tertiary/aromatic N) is 1. The molecule has 1 heterocycles. The van der Waals surface area contributed by atoms with E-state index in [1.807, 2.05) is 0 Å². The molecule has 0 aromatic carbocycles. The SMILES string of the molecule is C1COCCOCCOCCOCC[N-]1. The Bertz CT molecular complexity index is 76.0. The largest absolute Gasteiger partial charge is 0.659 e. The molecule has 5 nitrogen and oxygen atoms in total. The molecule has 0 saturated carbocycles. The predicted octanol–water partition coefficient (Wildman–Crippen LogP) is 0.440. The van der Waals surface area contributed by atoms with Crippen LogP contribution in [0.25, 0.3) is 5.32 Å². The molecule has 1 fully saturated rings. The first kappa shape index (κ1) is 12.9. The van der Waals surface area contributed by atoms with Crippen LogP contribution in [0.15, 0.2) is 0 Å². The highest BCUT2D eigenvalue weighted by Crippen LogP contribution is 1.90. The smallest absolute Gasteiger partial charge is 0.0701 e. The molecule has 0 aliphatic carbocycles. The van der Waals surface area contributed by atoms with Crippen LogP contribution in [0.5, 0.6) is 0 Å². The molecule has 0 bridgehead atoms. The molecule has 1 aliphatic rings. The summed E-state index contributed by atoms with van der Waals surface area (Å²) < 4.78 is 21.2. The van der Waals surface area contributed by atoms with Gasteiger partial charge in [-0.05, 0) is 0 Å². The van der Waals surface area contributed by atoms with Crippen molar-refractivity contribution in [2.45, 2.75) is 0 Å². The summed E-state index contributed by atoms with van der Waals surface area (Å²) in [6, 6.07) is 0. The second kappa shape index (κ2) is 10.3. The quantitative estimate of drug-likeness (QED) is 0.592. The molecule has 0 spiro atoms. The molecule has 5 heteroatoms. The van der Waals surface area contributed by atoms with Gasteiger partial charge in [0.2, 0.25) is 0 Å². The van der Waals surface area contributed by atoms with Gasteiger partial charge in [0.1, 0.15) is 0 Å². The molecule has 0 atom stereocenters. The Morgan fingerprint density at radius 2 is 0.800 bits per heavy atom. The van der Waals surface area contributed by atoms with Gasteiger partial charge in [-0.2, -0.15) is 0 Å². The fourth-order valence-electron chi connectivity index (χ4n) is 1.13. The lowest BCUT2D eigenvalue weighted by Gasteiger charge is -2.18. The van der Waals surface area contributed by atoms with E-state index in [0.29, 0.717) is 52.9 Å². The van der Waals surface area contributed by atoms with Gasteiger partial charge in [-0.25, -0.2) is 0 Å². The van der Waals surface area contributed by atoms with Crippen LogP contribution in [0.2, 0.25) is 0 Å². The highest BCUT2D eigenvalue weighted by Gasteiger charge is 1.92. The van der Waals surface area contributed by atoms with Crippen LogP contribution in [-0.4, -0.2) is 65.9 Å². The van der Waals surface area contributed by atoms with Gasteiger partial charge >= 0.3 is 0 Å². The van der Waals surface area contributed by atoms with E-state index in [2.05, 4.69) is 5.32 Å². The van der Waals surface area contributed by atoms with Crippen LogP contribution >= 0.6 is 0 Å². The second-order valence-electron chi connectivity index (χ2n) is 3.12. The highest BCUT2D eigenvalue weighted by atomic mass is 16.6. The normalized spacial score (nSPS) is 24.0. The summed E-state index contributed by atoms with van der Waals surface area (Å²) in [4.78, 5) is 0. The predicted molar refractivity (Wildman–Crippen MR) is 56.4 cm³/mol. The molecule has 1 saturated heterocycles. The van der Waals surface area contributed by atoms with Crippen molar-refractivity contribution in [2.24, 2.45) is 0 Å². The Morgan fingerprint density at radius 1 is 0.467 bits per heavy atom. The first-order valence-corrected chi connectivity index (χ1v) is 5.44. The lowest BCUT2D eigenvalue weighted by Crippen LogP contribution is -2.12. The minimum absolute atomic E-state index is 0.619. The van der Waals surface area contributed by atoms with E-state index in [9.17, 15) is 0 Å². The topological polar surface area (TPSA) is 51.0 Å². The van der Waals surface area contributed by atoms with Gasteiger partial charge < -0.3 is 24.3 Å².